The molecule has 0 spiro atoms. The largest absolute Gasteiger partial charge is 0.256 e. The summed E-state index contributed by atoms with van der Waals surface area (Å²) < 4.78 is 4.50. The fourth-order valence-corrected chi connectivity index (χ4v) is 1.81. The summed E-state index contributed by atoms with van der Waals surface area (Å²) in [5.41, 5.74) is 0. The lowest BCUT2D eigenvalue weighted by atomic mass is 10.3. The van der Waals surface area contributed by atoms with Crippen LogP contribution in [-0.2, 0) is 19.5 Å². The highest BCUT2D eigenvalue weighted by Crippen LogP contribution is 2.01. The highest BCUT2D eigenvalue weighted by Gasteiger charge is 2.13. The van der Waals surface area contributed by atoms with Crippen LogP contribution in [0.15, 0.2) is 12.4 Å². The molecule has 3 heteroatoms. The number of hydrogen-bond donors (Lipinski definition) is 0. The van der Waals surface area contributed by atoms with E-state index in [-0.39, 0.29) is 0 Å². The van der Waals surface area contributed by atoms with E-state index in [1.165, 1.54) is 18.7 Å². The first-order valence-corrected chi connectivity index (χ1v) is 5.77. The molecule has 0 bridgehead atoms. The number of aryl methyl sites for hydroxylation is 2. The number of unbranched alkanes of at least 4 members (excludes halogenated alkanes) is 1. The van der Waals surface area contributed by atoms with Crippen LogP contribution in [-0.4, -0.2) is 4.57 Å². The van der Waals surface area contributed by atoms with Crippen molar-refractivity contribution >= 4 is 0 Å². The molecule has 1 rings (SSSR count). The van der Waals surface area contributed by atoms with Crippen LogP contribution in [0.5, 0.6) is 0 Å². The number of aromatic nitrogens is 2. The molecule has 0 radical (unpaired) electrons. The van der Waals surface area contributed by atoms with Crippen LogP contribution in [0, 0.1) is 11.3 Å². The van der Waals surface area contributed by atoms with Crippen LogP contribution in [0.4, 0.5) is 0 Å². The second kappa shape index (κ2) is 6.23. The molecule has 0 aliphatic rings. The van der Waals surface area contributed by atoms with E-state index < -0.39 is 0 Å². The van der Waals surface area contributed by atoms with Crippen molar-refractivity contribution < 1.29 is 4.57 Å². The van der Waals surface area contributed by atoms with Crippen molar-refractivity contribution in [2.24, 2.45) is 0 Å². The van der Waals surface area contributed by atoms with Gasteiger partial charge in [-0.1, -0.05) is 20.3 Å². The van der Waals surface area contributed by atoms with Crippen LogP contribution >= 0.6 is 0 Å². The van der Waals surface area contributed by atoms with E-state index in [1.807, 2.05) is 0 Å². The summed E-state index contributed by atoms with van der Waals surface area (Å²) in [6.07, 6.45) is 8.29. The molecule has 0 saturated heterocycles. The van der Waals surface area contributed by atoms with Gasteiger partial charge in [-0.05, 0) is 6.42 Å². The molecular formula is C12H20N3+. The molecule has 1 aromatic heterocycles. The Kier molecular flexibility index (Phi) is 4.89. The minimum Gasteiger partial charge on any atom is -0.234 e. The van der Waals surface area contributed by atoms with E-state index in [0.717, 1.165) is 19.5 Å². The first-order valence-electron chi connectivity index (χ1n) is 5.77. The van der Waals surface area contributed by atoms with Crippen molar-refractivity contribution in [3.63, 3.8) is 0 Å². The Bertz CT molecular complexity index is 333. The summed E-state index contributed by atoms with van der Waals surface area (Å²) in [4.78, 5) is 0. The second-order valence-corrected chi connectivity index (χ2v) is 3.72. The second-order valence-electron chi connectivity index (χ2n) is 3.72. The minimum absolute atomic E-state index is 0.593. The molecule has 1 aromatic rings. The average molecular weight is 206 g/mol. The predicted octanol–water partition coefficient (Wildman–Crippen LogP) is 2.05. The van der Waals surface area contributed by atoms with E-state index in [1.54, 1.807) is 0 Å². The highest BCUT2D eigenvalue weighted by molar-refractivity contribution is 4.83. The molecule has 0 N–H and O–H groups in total. The Labute approximate surface area is 92.0 Å². The number of nitrogens with zero attached hydrogens (tertiary/aromatic N) is 3. The lowest BCUT2D eigenvalue weighted by molar-refractivity contribution is -0.702. The van der Waals surface area contributed by atoms with Gasteiger partial charge in [0, 0.05) is 6.42 Å². The number of imidazole rings is 1. The highest BCUT2D eigenvalue weighted by atomic mass is 15.1. The van der Waals surface area contributed by atoms with Crippen molar-refractivity contribution in [2.45, 2.75) is 52.6 Å². The normalized spacial score (nSPS) is 10.2. The number of hydrogen-bond acceptors (Lipinski definition) is 1. The van der Waals surface area contributed by atoms with E-state index >= 15 is 0 Å². The molecular weight excluding hydrogens is 186 g/mol. The average Bonchev–Trinajstić information content (AvgIpc) is 2.65. The zero-order valence-corrected chi connectivity index (χ0v) is 9.74. The van der Waals surface area contributed by atoms with Gasteiger partial charge in [0.1, 0.15) is 18.9 Å². The van der Waals surface area contributed by atoms with Gasteiger partial charge in [0.05, 0.1) is 19.0 Å². The van der Waals surface area contributed by atoms with Crippen LogP contribution in [0.3, 0.4) is 0 Å². The zero-order chi connectivity index (χ0) is 11.1. The molecule has 15 heavy (non-hydrogen) atoms. The third kappa shape index (κ3) is 3.09. The van der Waals surface area contributed by atoms with E-state index in [4.69, 9.17) is 5.26 Å². The van der Waals surface area contributed by atoms with Crippen molar-refractivity contribution in [3.05, 3.63) is 18.2 Å². The lowest BCUT2D eigenvalue weighted by Crippen LogP contribution is -2.36. The first-order chi connectivity index (χ1) is 7.33. The fraction of sp³-hybridized carbons (Fsp3) is 0.667. The Morgan fingerprint density at radius 2 is 2.27 bits per heavy atom. The summed E-state index contributed by atoms with van der Waals surface area (Å²) >= 11 is 0. The van der Waals surface area contributed by atoms with Crippen molar-refractivity contribution in [1.82, 2.24) is 4.57 Å². The quantitative estimate of drug-likeness (QED) is 0.656. The van der Waals surface area contributed by atoms with Gasteiger partial charge in [0.25, 0.3) is 5.82 Å². The minimum atomic E-state index is 0.593. The summed E-state index contributed by atoms with van der Waals surface area (Å²) in [6.45, 7) is 6.29. The zero-order valence-electron chi connectivity index (χ0n) is 9.74. The number of rotatable bonds is 6. The Morgan fingerprint density at radius 1 is 1.47 bits per heavy atom. The smallest absolute Gasteiger partial charge is 0.234 e. The maximum absolute atomic E-state index is 8.57. The van der Waals surface area contributed by atoms with E-state index in [9.17, 15) is 0 Å². The topological polar surface area (TPSA) is 32.6 Å². The Balaban J connectivity index is 2.72. The van der Waals surface area contributed by atoms with Gasteiger partial charge < -0.3 is 0 Å². The summed E-state index contributed by atoms with van der Waals surface area (Å²) in [5, 5.41) is 8.57. The van der Waals surface area contributed by atoms with Gasteiger partial charge in [0.2, 0.25) is 0 Å². The summed E-state index contributed by atoms with van der Waals surface area (Å²) in [6, 6.07) is 2.19. The molecule has 0 aliphatic carbocycles. The van der Waals surface area contributed by atoms with E-state index in [0.29, 0.717) is 6.42 Å². The molecule has 0 aliphatic heterocycles. The Hall–Kier alpha value is -1.30. The van der Waals surface area contributed by atoms with Gasteiger partial charge >= 0.3 is 0 Å². The molecule has 82 valence electrons. The van der Waals surface area contributed by atoms with Crippen molar-refractivity contribution in [1.29, 1.82) is 5.26 Å². The SMILES string of the molecule is CCCCn1cc[n+](CCC#N)c1CC. The predicted molar refractivity (Wildman–Crippen MR) is 59.1 cm³/mol. The third-order valence-electron chi connectivity index (χ3n) is 2.62. The van der Waals surface area contributed by atoms with Crippen LogP contribution in [0.1, 0.15) is 38.9 Å². The summed E-state index contributed by atoms with van der Waals surface area (Å²) in [7, 11) is 0. The standard InChI is InChI=1S/C12H20N3/c1-3-5-8-14-10-11-15(9-6-7-13)12(14)4-2/h10-11H,3-6,8-9H2,1-2H3/q+1. The summed E-state index contributed by atoms with van der Waals surface area (Å²) in [5.74, 6) is 1.33. The van der Waals surface area contributed by atoms with Gasteiger partial charge in [-0.15, -0.1) is 0 Å². The monoisotopic (exact) mass is 206 g/mol. The van der Waals surface area contributed by atoms with Gasteiger partial charge in [-0.2, -0.15) is 5.26 Å². The fourth-order valence-electron chi connectivity index (χ4n) is 1.81. The lowest BCUT2D eigenvalue weighted by Gasteiger charge is -2.01. The maximum Gasteiger partial charge on any atom is 0.256 e. The van der Waals surface area contributed by atoms with Crippen molar-refractivity contribution in [2.75, 3.05) is 0 Å². The maximum atomic E-state index is 8.57. The van der Waals surface area contributed by atoms with Gasteiger partial charge in [-0.3, -0.25) is 0 Å². The molecule has 0 saturated carbocycles. The van der Waals surface area contributed by atoms with E-state index in [2.05, 4.69) is 41.4 Å². The van der Waals surface area contributed by atoms with Crippen LogP contribution < -0.4 is 4.57 Å². The molecule has 0 aromatic carbocycles. The van der Waals surface area contributed by atoms with Gasteiger partial charge in [-0.25, -0.2) is 9.13 Å². The molecule has 0 unspecified atom stereocenters. The Morgan fingerprint density at radius 3 is 2.87 bits per heavy atom. The van der Waals surface area contributed by atoms with Crippen molar-refractivity contribution in [3.8, 4) is 6.07 Å². The molecule has 0 amide bonds. The van der Waals surface area contributed by atoms with Crippen LogP contribution in [0.2, 0.25) is 0 Å². The third-order valence-corrected chi connectivity index (χ3v) is 2.62. The molecule has 0 atom stereocenters. The number of nitriles is 1. The molecule has 0 fully saturated rings. The molecule has 3 nitrogen and oxygen atoms in total. The van der Waals surface area contributed by atoms with Gasteiger partial charge in [0.15, 0.2) is 0 Å². The molecule has 1 heterocycles. The van der Waals surface area contributed by atoms with Crippen LogP contribution in [0.25, 0.3) is 0 Å². The first kappa shape index (κ1) is 11.8.